The topological polar surface area (TPSA) is 53.6 Å². The van der Waals surface area contributed by atoms with E-state index in [1.54, 1.807) is 6.20 Å². The number of hydrogen-bond acceptors (Lipinski definition) is 3. The fourth-order valence-electron chi connectivity index (χ4n) is 3.41. The Kier molecular flexibility index (Phi) is 3.50. The van der Waals surface area contributed by atoms with Crippen molar-refractivity contribution in [2.75, 3.05) is 5.32 Å². The Balaban J connectivity index is 1.70. The predicted octanol–water partition coefficient (Wildman–Crippen LogP) is 5.53. The van der Waals surface area contributed by atoms with E-state index in [0.29, 0.717) is 6.54 Å². The van der Waals surface area contributed by atoms with Crippen LogP contribution in [0.15, 0.2) is 67.0 Å². The molecule has 126 valence electrons. The zero-order valence-corrected chi connectivity index (χ0v) is 14.6. The summed E-state index contributed by atoms with van der Waals surface area (Å²) in [6.07, 6.45) is 3.70. The van der Waals surface area contributed by atoms with Crippen molar-refractivity contribution in [1.82, 2.24) is 15.0 Å². The van der Waals surface area contributed by atoms with E-state index in [2.05, 4.69) is 21.4 Å². The van der Waals surface area contributed by atoms with Crippen molar-refractivity contribution in [2.45, 2.75) is 6.54 Å². The number of anilines is 1. The van der Waals surface area contributed by atoms with Crippen LogP contribution < -0.4 is 5.32 Å². The van der Waals surface area contributed by atoms with Crippen molar-refractivity contribution in [1.29, 1.82) is 0 Å². The number of nitrogens with zero attached hydrogens (tertiary/aromatic N) is 2. The molecule has 0 amide bonds. The maximum absolute atomic E-state index is 6.10. The average Bonchev–Trinajstić information content (AvgIpc) is 3.06. The molecular weight excluding hydrogens is 344 g/mol. The number of nitrogens with one attached hydrogen (secondary N) is 2. The second kappa shape index (κ2) is 6.00. The van der Waals surface area contributed by atoms with Crippen LogP contribution in [-0.4, -0.2) is 15.0 Å². The predicted molar refractivity (Wildman–Crippen MR) is 108 cm³/mol. The molecule has 2 aromatic carbocycles. The van der Waals surface area contributed by atoms with Gasteiger partial charge in [-0.25, -0.2) is 4.98 Å². The van der Waals surface area contributed by atoms with Crippen molar-refractivity contribution < 1.29 is 0 Å². The summed E-state index contributed by atoms with van der Waals surface area (Å²) in [5.41, 5.74) is 4.12. The zero-order chi connectivity index (χ0) is 17.5. The Hall–Kier alpha value is -3.11. The molecule has 3 heterocycles. The summed E-state index contributed by atoms with van der Waals surface area (Å²) < 4.78 is 0. The lowest BCUT2D eigenvalue weighted by atomic mass is 10.1. The van der Waals surface area contributed by atoms with E-state index in [0.717, 1.165) is 49.1 Å². The van der Waals surface area contributed by atoms with Crippen LogP contribution in [0, 0.1) is 0 Å². The van der Waals surface area contributed by atoms with Crippen molar-refractivity contribution in [3.63, 3.8) is 0 Å². The van der Waals surface area contributed by atoms with Gasteiger partial charge in [-0.15, -0.1) is 0 Å². The van der Waals surface area contributed by atoms with Gasteiger partial charge in [-0.1, -0.05) is 41.9 Å². The molecule has 0 radical (unpaired) electrons. The highest BCUT2D eigenvalue weighted by Gasteiger charge is 2.13. The highest BCUT2D eigenvalue weighted by Crippen LogP contribution is 2.34. The summed E-state index contributed by atoms with van der Waals surface area (Å²) in [7, 11) is 0. The molecule has 5 aromatic rings. The normalized spacial score (nSPS) is 11.4. The Labute approximate surface area is 154 Å². The number of aromatic nitrogens is 3. The molecule has 0 fully saturated rings. The van der Waals surface area contributed by atoms with Crippen LogP contribution in [-0.2, 0) is 6.54 Å². The highest BCUT2D eigenvalue weighted by atomic mass is 35.5. The summed E-state index contributed by atoms with van der Waals surface area (Å²) >= 11 is 6.10. The fourth-order valence-corrected chi connectivity index (χ4v) is 3.62. The first-order valence-corrected chi connectivity index (χ1v) is 8.80. The second-order valence-electron chi connectivity index (χ2n) is 6.26. The van der Waals surface area contributed by atoms with Crippen LogP contribution >= 0.6 is 11.6 Å². The van der Waals surface area contributed by atoms with Gasteiger partial charge in [0.05, 0.1) is 11.0 Å². The number of H-pyrrole nitrogens is 1. The lowest BCUT2D eigenvalue weighted by Gasteiger charge is -2.09. The third-order valence-corrected chi connectivity index (χ3v) is 4.83. The van der Waals surface area contributed by atoms with Gasteiger partial charge in [0.2, 0.25) is 0 Å². The molecule has 0 unspecified atom stereocenters. The van der Waals surface area contributed by atoms with E-state index in [9.17, 15) is 0 Å². The summed E-state index contributed by atoms with van der Waals surface area (Å²) in [4.78, 5) is 12.6. The lowest BCUT2D eigenvalue weighted by Crippen LogP contribution is -2.02. The van der Waals surface area contributed by atoms with E-state index >= 15 is 0 Å². The largest absolute Gasteiger partial charge is 0.364 e. The molecule has 4 nitrogen and oxygen atoms in total. The summed E-state index contributed by atoms with van der Waals surface area (Å²) in [5, 5.41) is 7.57. The van der Waals surface area contributed by atoms with Crippen LogP contribution in [0.4, 0.5) is 5.82 Å². The Morgan fingerprint density at radius 3 is 2.85 bits per heavy atom. The SMILES string of the molecule is Clc1cccc(CNc2nc3ccccc3c3c2[nH]c2ccncc23)c1. The van der Waals surface area contributed by atoms with E-state index in [-0.39, 0.29) is 0 Å². The minimum Gasteiger partial charge on any atom is -0.364 e. The van der Waals surface area contributed by atoms with Gasteiger partial charge >= 0.3 is 0 Å². The Morgan fingerprint density at radius 1 is 1.00 bits per heavy atom. The third-order valence-electron chi connectivity index (χ3n) is 4.59. The molecule has 0 bridgehead atoms. The minimum atomic E-state index is 0.647. The number of pyridine rings is 2. The van der Waals surface area contributed by atoms with E-state index < -0.39 is 0 Å². The molecule has 0 aliphatic rings. The van der Waals surface area contributed by atoms with Gasteiger partial charge < -0.3 is 10.3 Å². The van der Waals surface area contributed by atoms with Crippen LogP contribution in [0.3, 0.4) is 0 Å². The third kappa shape index (κ3) is 2.47. The van der Waals surface area contributed by atoms with Crippen LogP contribution in [0.25, 0.3) is 32.7 Å². The van der Waals surface area contributed by atoms with Crippen molar-refractivity contribution in [2.24, 2.45) is 0 Å². The van der Waals surface area contributed by atoms with Gasteiger partial charge in [-0.2, -0.15) is 0 Å². The molecule has 0 saturated heterocycles. The first-order chi connectivity index (χ1) is 12.8. The fraction of sp³-hybridized carbons (Fsp3) is 0.0476. The number of halogens is 1. The van der Waals surface area contributed by atoms with Crippen LogP contribution in [0.1, 0.15) is 5.56 Å². The maximum Gasteiger partial charge on any atom is 0.151 e. The number of rotatable bonds is 3. The molecule has 3 aromatic heterocycles. The highest BCUT2D eigenvalue weighted by molar-refractivity contribution is 6.30. The molecule has 0 aliphatic carbocycles. The number of aromatic amines is 1. The number of fused-ring (bicyclic) bond motifs is 5. The minimum absolute atomic E-state index is 0.647. The molecule has 2 N–H and O–H groups in total. The van der Waals surface area contributed by atoms with E-state index in [1.807, 2.05) is 54.7 Å². The van der Waals surface area contributed by atoms with Crippen LogP contribution in [0.2, 0.25) is 5.02 Å². The molecule has 26 heavy (non-hydrogen) atoms. The summed E-state index contributed by atoms with van der Waals surface area (Å²) in [5.74, 6) is 0.829. The average molecular weight is 359 g/mol. The molecule has 0 aliphatic heterocycles. The lowest BCUT2D eigenvalue weighted by molar-refractivity contribution is 1.13. The maximum atomic E-state index is 6.10. The summed E-state index contributed by atoms with van der Waals surface area (Å²) in [6.45, 7) is 0.647. The Bertz CT molecular complexity index is 1260. The smallest absolute Gasteiger partial charge is 0.151 e. The van der Waals surface area contributed by atoms with Crippen molar-refractivity contribution >= 4 is 50.1 Å². The number of para-hydroxylation sites is 1. The number of hydrogen-bond donors (Lipinski definition) is 2. The van der Waals surface area contributed by atoms with Gasteiger partial charge in [0.1, 0.15) is 0 Å². The molecule has 0 saturated carbocycles. The second-order valence-corrected chi connectivity index (χ2v) is 6.69. The van der Waals surface area contributed by atoms with Gasteiger partial charge in [-0.3, -0.25) is 4.98 Å². The quantitative estimate of drug-likeness (QED) is 0.446. The van der Waals surface area contributed by atoms with Gasteiger partial charge in [0.25, 0.3) is 0 Å². The molecule has 0 spiro atoms. The van der Waals surface area contributed by atoms with E-state index in [4.69, 9.17) is 16.6 Å². The van der Waals surface area contributed by atoms with Gasteiger partial charge in [0.15, 0.2) is 5.82 Å². The van der Waals surface area contributed by atoms with Crippen molar-refractivity contribution in [3.05, 3.63) is 77.6 Å². The van der Waals surface area contributed by atoms with E-state index in [1.165, 1.54) is 0 Å². The number of benzene rings is 2. The standard InChI is InChI=1S/C21H15ClN4/c22-14-5-3-4-13(10-14)11-24-21-20-19(15-6-1-2-7-17(15)26-21)16-12-23-9-8-18(16)25-20/h1-10,12,25H,11H2,(H,24,26). The molecular formula is C21H15ClN4. The van der Waals surface area contributed by atoms with Gasteiger partial charge in [-0.05, 0) is 29.8 Å². The van der Waals surface area contributed by atoms with Crippen molar-refractivity contribution in [3.8, 4) is 0 Å². The summed E-state index contributed by atoms with van der Waals surface area (Å²) in [6, 6.07) is 18.0. The Morgan fingerprint density at radius 2 is 1.92 bits per heavy atom. The monoisotopic (exact) mass is 358 g/mol. The first kappa shape index (κ1) is 15.2. The zero-order valence-electron chi connectivity index (χ0n) is 13.8. The molecule has 0 atom stereocenters. The molecule has 5 heteroatoms. The molecule has 5 rings (SSSR count). The van der Waals surface area contributed by atoms with Gasteiger partial charge in [0, 0.05) is 45.6 Å². The first-order valence-electron chi connectivity index (χ1n) is 8.42. The van der Waals surface area contributed by atoms with Crippen LogP contribution in [0.5, 0.6) is 0 Å².